The van der Waals surface area contributed by atoms with E-state index in [2.05, 4.69) is 26.5 Å². The predicted octanol–water partition coefficient (Wildman–Crippen LogP) is 3.70. The highest BCUT2D eigenvalue weighted by atomic mass is 16.6. The Morgan fingerprint density at radius 1 is 1.26 bits per heavy atom. The molecule has 2 saturated heterocycles. The molecule has 5 nitrogen and oxygen atoms in total. The molecule has 2 bridgehead atoms. The number of hydrogen-bond acceptors (Lipinski definition) is 5. The normalized spacial score (nSPS) is 45.1. The van der Waals surface area contributed by atoms with Crippen molar-refractivity contribution < 1.29 is 24.1 Å². The summed E-state index contributed by atoms with van der Waals surface area (Å²) < 4.78 is 18.1. The van der Waals surface area contributed by atoms with Crippen LogP contribution in [0.3, 0.4) is 0 Å². The van der Waals surface area contributed by atoms with Crippen molar-refractivity contribution in [2.75, 3.05) is 6.61 Å². The van der Waals surface area contributed by atoms with Crippen LogP contribution in [0, 0.1) is 5.92 Å². The monoisotopic (exact) mass is 378 g/mol. The molecule has 0 radical (unpaired) electrons. The Hall–Kier alpha value is -1.17. The van der Waals surface area contributed by atoms with Gasteiger partial charge in [0.05, 0.1) is 24.4 Å². The molecule has 0 aromatic rings. The van der Waals surface area contributed by atoms with Gasteiger partial charge in [0.25, 0.3) is 0 Å². The first-order chi connectivity index (χ1) is 12.6. The van der Waals surface area contributed by atoms with E-state index < -0.39 is 11.7 Å². The second kappa shape index (κ2) is 7.69. The third-order valence-electron chi connectivity index (χ3n) is 6.59. The van der Waals surface area contributed by atoms with Crippen LogP contribution in [0.5, 0.6) is 0 Å². The maximum atomic E-state index is 11.7. The number of carbonyl (C=O) groups excluding carboxylic acids is 1. The Balaban J connectivity index is 1.92. The molecular formula is C22H34O5. The first-order valence-corrected chi connectivity index (χ1v) is 10.1. The summed E-state index contributed by atoms with van der Waals surface area (Å²) in [5, 5.41) is 10.4. The molecule has 6 atom stereocenters. The van der Waals surface area contributed by atoms with Crippen molar-refractivity contribution in [3.8, 4) is 0 Å². The van der Waals surface area contributed by atoms with Gasteiger partial charge in [-0.1, -0.05) is 18.2 Å². The van der Waals surface area contributed by atoms with Crippen molar-refractivity contribution in [3.63, 3.8) is 0 Å². The highest BCUT2D eigenvalue weighted by Gasteiger charge is 2.55. The van der Waals surface area contributed by atoms with Gasteiger partial charge in [-0.2, -0.15) is 0 Å². The van der Waals surface area contributed by atoms with Gasteiger partial charge < -0.3 is 19.3 Å². The van der Waals surface area contributed by atoms with Gasteiger partial charge in [0, 0.05) is 12.8 Å². The van der Waals surface area contributed by atoms with Crippen LogP contribution < -0.4 is 0 Å². The lowest BCUT2D eigenvalue weighted by atomic mass is 9.75. The number of hydrogen-bond donors (Lipinski definition) is 1. The lowest BCUT2D eigenvalue weighted by Crippen LogP contribution is -2.53. The fraction of sp³-hybridized carbons (Fsp3) is 0.773. The zero-order chi connectivity index (χ0) is 19.8. The van der Waals surface area contributed by atoms with Crippen LogP contribution in [-0.2, 0) is 19.0 Å². The summed E-state index contributed by atoms with van der Waals surface area (Å²) in [7, 11) is 0. The van der Waals surface area contributed by atoms with E-state index in [1.54, 1.807) is 0 Å². The Kier molecular flexibility index (Phi) is 5.85. The van der Waals surface area contributed by atoms with E-state index in [-0.39, 0.29) is 23.8 Å². The number of aliphatic hydroxyl groups excluding tert-OH is 1. The summed E-state index contributed by atoms with van der Waals surface area (Å²) in [6.45, 7) is 12.6. The van der Waals surface area contributed by atoms with E-state index in [1.807, 2.05) is 6.92 Å². The molecule has 0 spiro atoms. The third-order valence-corrected chi connectivity index (χ3v) is 6.59. The minimum atomic E-state index is -0.556. The quantitative estimate of drug-likeness (QED) is 0.451. The van der Waals surface area contributed by atoms with Gasteiger partial charge in [0.15, 0.2) is 0 Å². The van der Waals surface area contributed by atoms with E-state index in [0.29, 0.717) is 25.2 Å². The van der Waals surface area contributed by atoms with Crippen LogP contribution in [0.1, 0.15) is 66.2 Å². The molecule has 1 N–H and O–H groups in total. The lowest BCUT2D eigenvalue weighted by molar-refractivity contribution is -0.202. The van der Waals surface area contributed by atoms with Gasteiger partial charge in [-0.05, 0) is 64.9 Å². The molecule has 2 fully saturated rings. The molecule has 3 aliphatic heterocycles. The smallest absolute Gasteiger partial charge is 0.303 e. The first kappa shape index (κ1) is 20.6. The summed E-state index contributed by atoms with van der Waals surface area (Å²) in [4.78, 5) is 11.7. The summed E-state index contributed by atoms with van der Waals surface area (Å²) in [5.74, 6) is -0.00713. The number of aliphatic hydroxyl groups is 1. The molecular weight excluding hydrogens is 344 g/mol. The van der Waals surface area contributed by atoms with Crippen molar-refractivity contribution in [2.24, 2.45) is 5.92 Å². The van der Waals surface area contributed by atoms with Crippen LogP contribution in [0.15, 0.2) is 23.8 Å². The Labute approximate surface area is 162 Å². The van der Waals surface area contributed by atoms with Gasteiger partial charge in [-0.15, -0.1) is 0 Å². The average Bonchev–Trinajstić information content (AvgIpc) is 3.33. The Morgan fingerprint density at radius 2 is 1.96 bits per heavy atom. The largest absolute Gasteiger partial charge is 0.459 e. The van der Waals surface area contributed by atoms with Gasteiger partial charge in [0.1, 0.15) is 11.7 Å². The predicted molar refractivity (Wildman–Crippen MR) is 103 cm³/mol. The molecule has 3 aliphatic rings. The van der Waals surface area contributed by atoms with Gasteiger partial charge in [-0.3, -0.25) is 4.79 Å². The highest BCUT2D eigenvalue weighted by Crippen LogP contribution is 2.48. The number of rotatable bonds is 2. The van der Waals surface area contributed by atoms with Crippen LogP contribution in [0.25, 0.3) is 0 Å². The highest BCUT2D eigenvalue weighted by molar-refractivity contribution is 5.66. The van der Waals surface area contributed by atoms with Crippen LogP contribution in [0.2, 0.25) is 0 Å². The topological polar surface area (TPSA) is 68.3 Å². The SMILES string of the molecule is C=C1CC[C@H](OC(C)=O)[C@@]2(C)CC[C@H]([C@@]3(C)CO3)[C@@H](/C=C(/C)CC[C@H]1O)O2. The fourth-order valence-corrected chi connectivity index (χ4v) is 4.53. The molecule has 3 heterocycles. The third kappa shape index (κ3) is 4.64. The van der Waals surface area contributed by atoms with Gasteiger partial charge in [0.2, 0.25) is 0 Å². The molecule has 0 aromatic carbocycles. The van der Waals surface area contributed by atoms with Crippen LogP contribution in [0.4, 0.5) is 0 Å². The first-order valence-electron chi connectivity index (χ1n) is 10.1. The van der Waals surface area contributed by atoms with Crippen LogP contribution >= 0.6 is 0 Å². The lowest BCUT2D eigenvalue weighted by Gasteiger charge is -2.47. The zero-order valence-corrected chi connectivity index (χ0v) is 17.1. The minimum Gasteiger partial charge on any atom is -0.459 e. The van der Waals surface area contributed by atoms with E-state index in [9.17, 15) is 9.90 Å². The Bertz CT molecular complexity index is 620. The number of esters is 1. The number of epoxide rings is 1. The molecule has 0 aromatic heterocycles. The minimum absolute atomic E-state index is 0.0749. The maximum Gasteiger partial charge on any atom is 0.303 e. The standard InChI is InChI=1S/C22H34O5/c1-14-6-8-18(24)15(2)7-9-20(26-16(3)23)21(4)11-10-17(19(12-14)27-21)22(5)13-25-22/h12,17-20,24H,2,6-11,13H2,1,3-5H3/b14-12-/t17-,18+,19+,20-,21+,22+/m0/s1. The van der Waals surface area contributed by atoms with E-state index in [0.717, 1.165) is 31.4 Å². The summed E-state index contributed by atoms with van der Waals surface area (Å²) >= 11 is 0. The number of fused-ring (bicyclic) bond motifs is 2. The van der Waals surface area contributed by atoms with Gasteiger partial charge >= 0.3 is 5.97 Å². The van der Waals surface area contributed by atoms with Gasteiger partial charge in [-0.25, -0.2) is 0 Å². The number of allylic oxidation sites excluding steroid dienone is 1. The molecule has 0 aliphatic carbocycles. The maximum absolute atomic E-state index is 11.7. The van der Waals surface area contributed by atoms with Crippen molar-refractivity contribution in [1.29, 1.82) is 0 Å². The zero-order valence-electron chi connectivity index (χ0n) is 17.1. The molecule has 0 unspecified atom stereocenters. The van der Waals surface area contributed by atoms with Crippen molar-refractivity contribution in [1.82, 2.24) is 0 Å². The summed E-state index contributed by atoms with van der Waals surface area (Å²) in [6, 6.07) is 0. The van der Waals surface area contributed by atoms with Crippen molar-refractivity contribution >= 4 is 5.97 Å². The fourth-order valence-electron chi connectivity index (χ4n) is 4.53. The second-order valence-electron chi connectivity index (χ2n) is 9.00. The number of ether oxygens (including phenoxy) is 3. The molecule has 27 heavy (non-hydrogen) atoms. The van der Waals surface area contributed by atoms with E-state index in [4.69, 9.17) is 14.2 Å². The average molecular weight is 379 g/mol. The van der Waals surface area contributed by atoms with E-state index >= 15 is 0 Å². The van der Waals surface area contributed by atoms with Crippen molar-refractivity contribution in [3.05, 3.63) is 23.8 Å². The molecule has 5 heteroatoms. The van der Waals surface area contributed by atoms with Crippen molar-refractivity contribution in [2.45, 2.75) is 95.7 Å². The molecule has 0 amide bonds. The molecule has 3 rings (SSSR count). The molecule has 0 saturated carbocycles. The molecule has 152 valence electrons. The second-order valence-corrected chi connectivity index (χ2v) is 9.00. The van der Waals surface area contributed by atoms with Crippen LogP contribution in [-0.4, -0.2) is 47.2 Å². The van der Waals surface area contributed by atoms with E-state index in [1.165, 1.54) is 12.5 Å². The summed E-state index contributed by atoms with van der Waals surface area (Å²) in [5.41, 5.74) is 1.33. The Morgan fingerprint density at radius 3 is 2.59 bits per heavy atom. The number of carbonyl (C=O) groups is 1. The summed E-state index contributed by atoms with van der Waals surface area (Å²) in [6.07, 6.45) is 5.72.